The van der Waals surface area contributed by atoms with Crippen LogP contribution in [0.5, 0.6) is 0 Å². The molecule has 2 aliphatic rings. The van der Waals surface area contributed by atoms with Crippen molar-refractivity contribution in [2.24, 2.45) is 9.39 Å². The number of nitrogens with one attached hydrogen (secondary N) is 1. The molecular weight excluding hydrogens is 471 g/mol. The second-order valence-corrected chi connectivity index (χ2v) is 9.86. The first kappa shape index (κ1) is 20.9. The lowest BCUT2D eigenvalue weighted by atomic mass is 10.1. The Morgan fingerprint density at radius 2 is 2.00 bits per heavy atom. The van der Waals surface area contributed by atoms with Gasteiger partial charge in [-0.05, 0) is 36.4 Å². The number of furan rings is 1. The molecule has 12 heteroatoms. The van der Waals surface area contributed by atoms with E-state index in [4.69, 9.17) is 33.0 Å². The third-order valence-corrected chi connectivity index (χ3v) is 7.42. The van der Waals surface area contributed by atoms with Gasteiger partial charge in [-0.2, -0.15) is 9.39 Å². The van der Waals surface area contributed by atoms with Crippen LogP contribution in [-0.2, 0) is 14.6 Å². The molecule has 30 heavy (non-hydrogen) atoms. The first-order valence-corrected chi connectivity index (χ1v) is 11.7. The minimum Gasteiger partial charge on any atom is -0.457 e. The van der Waals surface area contributed by atoms with Crippen LogP contribution in [0.1, 0.15) is 12.7 Å². The molecule has 0 saturated carbocycles. The number of rotatable bonds is 3. The number of carbonyl (C=O) groups is 1. The van der Waals surface area contributed by atoms with Crippen LogP contribution in [0.2, 0.25) is 10.0 Å². The highest BCUT2D eigenvalue weighted by molar-refractivity contribution is 8.16. The second-order valence-electron chi connectivity index (χ2n) is 6.14. The lowest BCUT2D eigenvalue weighted by molar-refractivity contribution is -0.114. The summed E-state index contributed by atoms with van der Waals surface area (Å²) < 4.78 is 34.2. The summed E-state index contributed by atoms with van der Waals surface area (Å²) in [6.07, 6.45) is 1.34. The Morgan fingerprint density at radius 3 is 2.70 bits per heavy atom. The summed E-state index contributed by atoms with van der Waals surface area (Å²) in [6, 6.07) is 8.30. The normalized spacial score (nSPS) is 18.0. The summed E-state index contributed by atoms with van der Waals surface area (Å²) in [4.78, 5) is 17.3. The Bertz CT molecular complexity index is 1300. The molecular formula is C18H12Cl2N4O4S2. The maximum Gasteiger partial charge on any atom is 0.283 e. The number of sulfone groups is 1. The van der Waals surface area contributed by atoms with Gasteiger partial charge in [-0.25, -0.2) is 13.3 Å². The van der Waals surface area contributed by atoms with Crippen LogP contribution in [0.4, 0.5) is 0 Å². The van der Waals surface area contributed by atoms with Crippen LogP contribution in [0, 0.1) is 5.41 Å². The fourth-order valence-corrected chi connectivity index (χ4v) is 4.97. The van der Waals surface area contributed by atoms with Crippen molar-refractivity contribution in [1.82, 2.24) is 4.90 Å². The zero-order valence-corrected chi connectivity index (χ0v) is 18.4. The number of hydrogen-bond donors (Lipinski definition) is 1. The van der Waals surface area contributed by atoms with Crippen molar-refractivity contribution in [3.8, 4) is 11.3 Å². The molecule has 8 nitrogen and oxygen atoms in total. The molecule has 0 bridgehead atoms. The Kier molecular flexibility index (Phi) is 5.35. The zero-order chi connectivity index (χ0) is 21.6. The van der Waals surface area contributed by atoms with E-state index in [1.807, 2.05) is 0 Å². The number of benzene rings is 1. The van der Waals surface area contributed by atoms with E-state index in [0.717, 1.165) is 16.8 Å². The van der Waals surface area contributed by atoms with Crippen LogP contribution in [0.3, 0.4) is 0 Å². The van der Waals surface area contributed by atoms with Crippen molar-refractivity contribution in [3.63, 3.8) is 0 Å². The predicted molar refractivity (Wildman–Crippen MR) is 119 cm³/mol. The Morgan fingerprint density at radius 1 is 1.23 bits per heavy atom. The van der Waals surface area contributed by atoms with E-state index in [2.05, 4.69) is 9.39 Å². The number of carbonyl (C=O) groups excluding carboxylic acids is 1. The van der Waals surface area contributed by atoms with E-state index in [1.165, 1.54) is 13.0 Å². The van der Waals surface area contributed by atoms with Crippen LogP contribution < -0.4 is 0 Å². The van der Waals surface area contributed by atoms with Gasteiger partial charge in [0.1, 0.15) is 17.4 Å². The molecule has 1 aromatic carbocycles. The molecule has 0 saturated heterocycles. The lowest BCUT2D eigenvalue weighted by Crippen LogP contribution is -2.45. The van der Waals surface area contributed by atoms with E-state index in [1.54, 1.807) is 30.3 Å². The van der Waals surface area contributed by atoms with E-state index in [0.29, 0.717) is 21.4 Å². The van der Waals surface area contributed by atoms with Gasteiger partial charge in [0.15, 0.2) is 0 Å². The van der Waals surface area contributed by atoms with Gasteiger partial charge in [-0.3, -0.25) is 10.2 Å². The second kappa shape index (κ2) is 7.69. The molecule has 1 N–H and O–H groups in total. The largest absolute Gasteiger partial charge is 0.457 e. The third-order valence-electron chi connectivity index (χ3n) is 4.27. The number of amidine groups is 3. The van der Waals surface area contributed by atoms with E-state index >= 15 is 0 Å². The molecule has 1 aromatic heterocycles. The number of amides is 1. The molecule has 2 aromatic rings. The molecule has 1 amide bonds. The van der Waals surface area contributed by atoms with Gasteiger partial charge in [-0.15, -0.1) is 0 Å². The molecule has 2 aliphatic heterocycles. The van der Waals surface area contributed by atoms with Gasteiger partial charge in [-0.1, -0.05) is 30.1 Å². The van der Waals surface area contributed by atoms with E-state index in [9.17, 15) is 13.2 Å². The fraction of sp³-hybridized carbons (Fsp3) is 0.111. The van der Waals surface area contributed by atoms with Gasteiger partial charge in [0.25, 0.3) is 5.91 Å². The summed E-state index contributed by atoms with van der Waals surface area (Å²) in [5, 5.41) is 8.88. The summed E-state index contributed by atoms with van der Waals surface area (Å²) in [6.45, 7) is 1.47. The molecule has 0 fully saturated rings. The van der Waals surface area contributed by atoms with Crippen molar-refractivity contribution in [1.29, 1.82) is 5.41 Å². The average Bonchev–Trinajstić information content (AvgIpc) is 3.35. The molecule has 0 unspecified atom stereocenters. The Labute approximate surface area is 185 Å². The fourth-order valence-electron chi connectivity index (χ4n) is 2.71. The van der Waals surface area contributed by atoms with E-state index < -0.39 is 15.7 Å². The first-order valence-electron chi connectivity index (χ1n) is 8.48. The van der Waals surface area contributed by atoms with Crippen molar-refractivity contribution in [2.75, 3.05) is 5.75 Å². The summed E-state index contributed by atoms with van der Waals surface area (Å²) in [7, 11) is -3.71. The lowest BCUT2D eigenvalue weighted by Gasteiger charge is -2.24. The van der Waals surface area contributed by atoms with Crippen LogP contribution in [0.25, 0.3) is 17.4 Å². The quantitative estimate of drug-likeness (QED) is 0.515. The van der Waals surface area contributed by atoms with Crippen LogP contribution in [-0.4, -0.2) is 41.1 Å². The van der Waals surface area contributed by atoms with Gasteiger partial charge >= 0.3 is 0 Å². The standard InChI is InChI=1S/C18H12Cl2N4O4S2/c1-2-30(26,27)18-23-29-17-22-16(25)11(15(21)24(17)18)8-10-4-6-14(28-10)9-3-5-12(19)13(20)7-9/h3-8,21H,2H2,1H3/b11-8-,21-15?. The van der Waals surface area contributed by atoms with Gasteiger partial charge in [0.05, 0.1) is 33.3 Å². The maximum atomic E-state index is 12.4. The molecule has 0 atom stereocenters. The van der Waals surface area contributed by atoms with Crippen molar-refractivity contribution < 1.29 is 17.6 Å². The highest BCUT2D eigenvalue weighted by atomic mass is 35.5. The number of nitrogens with zero attached hydrogens (tertiary/aromatic N) is 3. The summed E-state index contributed by atoms with van der Waals surface area (Å²) in [5.41, 5.74) is 0.564. The summed E-state index contributed by atoms with van der Waals surface area (Å²) >= 11 is 12.7. The smallest absolute Gasteiger partial charge is 0.283 e. The topological polar surface area (TPSA) is 116 Å². The molecule has 4 rings (SSSR count). The predicted octanol–water partition coefficient (Wildman–Crippen LogP) is 4.26. The maximum absolute atomic E-state index is 12.4. The molecule has 0 spiro atoms. The van der Waals surface area contributed by atoms with E-state index in [-0.39, 0.29) is 33.3 Å². The summed E-state index contributed by atoms with van der Waals surface area (Å²) in [5.74, 6) is -0.449. The molecule has 3 heterocycles. The minimum absolute atomic E-state index is 0.0325. The minimum atomic E-state index is -3.71. The zero-order valence-electron chi connectivity index (χ0n) is 15.2. The Balaban J connectivity index is 1.69. The third kappa shape index (κ3) is 3.60. The van der Waals surface area contributed by atoms with Gasteiger partial charge in [0.2, 0.25) is 20.2 Å². The number of fused-ring (bicyclic) bond motifs is 1. The number of aliphatic imine (C=N–C) groups is 1. The highest BCUT2D eigenvalue weighted by Gasteiger charge is 2.42. The monoisotopic (exact) mass is 482 g/mol. The molecule has 0 radical (unpaired) electrons. The molecule has 0 aliphatic carbocycles. The van der Waals surface area contributed by atoms with Crippen LogP contribution in [0.15, 0.2) is 49.7 Å². The van der Waals surface area contributed by atoms with Crippen molar-refractivity contribution >= 4 is 73.1 Å². The van der Waals surface area contributed by atoms with Gasteiger partial charge < -0.3 is 4.42 Å². The highest BCUT2D eigenvalue weighted by Crippen LogP contribution is 2.32. The van der Waals surface area contributed by atoms with Crippen molar-refractivity contribution in [3.05, 3.63) is 51.7 Å². The first-order chi connectivity index (χ1) is 14.2. The number of hydrogen-bond acceptors (Lipinski definition) is 7. The molecule has 154 valence electrons. The SMILES string of the molecule is CCS(=O)(=O)C1=NSC2=NC(=O)/C(=C\c3ccc(-c4ccc(Cl)c(Cl)c4)o3)C(=N)N21. The Hall–Kier alpha value is -2.40. The van der Waals surface area contributed by atoms with Crippen LogP contribution >= 0.6 is 35.1 Å². The number of halogens is 2. The average molecular weight is 483 g/mol. The van der Waals surface area contributed by atoms with Gasteiger partial charge in [0, 0.05) is 5.56 Å². The van der Waals surface area contributed by atoms with Crippen molar-refractivity contribution in [2.45, 2.75) is 6.92 Å².